The van der Waals surface area contributed by atoms with Crippen LogP contribution in [0.4, 0.5) is 13.2 Å². The zero-order chi connectivity index (χ0) is 16.2. The maximum atomic E-state index is 12.4. The fourth-order valence-electron chi connectivity index (χ4n) is 1.79. The van der Waals surface area contributed by atoms with E-state index in [0.717, 1.165) is 17.7 Å². The van der Waals surface area contributed by atoms with Crippen molar-refractivity contribution in [2.24, 2.45) is 5.73 Å². The lowest BCUT2D eigenvalue weighted by Gasteiger charge is -2.05. The number of halogens is 3. The zero-order valence-electron chi connectivity index (χ0n) is 11.5. The Kier molecular flexibility index (Phi) is 4.65. The number of hydrogen-bond donors (Lipinski definition) is 1. The largest absolute Gasteiger partial charge is 0.416 e. The van der Waals surface area contributed by atoms with E-state index >= 15 is 0 Å². The molecule has 2 rings (SSSR count). The Morgan fingerprint density at radius 3 is 2.41 bits per heavy atom. The minimum absolute atomic E-state index is 0.198. The molecule has 1 aromatic carbocycles. The van der Waals surface area contributed by atoms with Crippen LogP contribution in [0.25, 0.3) is 12.2 Å². The van der Waals surface area contributed by atoms with Crippen molar-refractivity contribution in [3.05, 3.63) is 53.3 Å². The third kappa shape index (κ3) is 4.47. The molecule has 22 heavy (non-hydrogen) atoms. The maximum Gasteiger partial charge on any atom is 0.416 e. The summed E-state index contributed by atoms with van der Waals surface area (Å²) >= 11 is 0. The first kappa shape index (κ1) is 15.8. The first-order valence-electron chi connectivity index (χ1n) is 6.51. The highest BCUT2D eigenvalue weighted by Crippen LogP contribution is 2.29. The molecular weight excluding hydrogens is 295 g/mol. The average molecular weight is 309 g/mol. The molecule has 0 unspecified atom stereocenters. The van der Waals surface area contributed by atoms with Crippen LogP contribution < -0.4 is 5.73 Å². The highest BCUT2D eigenvalue weighted by molar-refractivity contribution is 5.73. The summed E-state index contributed by atoms with van der Waals surface area (Å²) in [7, 11) is 0. The number of nitrogens with two attached hydrogens (primary N) is 1. The summed E-state index contributed by atoms with van der Waals surface area (Å²) in [5.41, 5.74) is 5.81. The van der Waals surface area contributed by atoms with Gasteiger partial charge < -0.3 is 5.73 Å². The van der Waals surface area contributed by atoms with Crippen molar-refractivity contribution in [1.29, 1.82) is 0 Å². The standard InChI is InChI=1S/C15H14F3N3O/c16-15(17,18)13-5-3-11(4-6-13)1-2-12-9-20-21(10-12)8-7-14(19)22/h1-6,9-10H,7-8H2,(H2,19,22). The van der Waals surface area contributed by atoms with Gasteiger partial charge in [-0.3, -0.25) is 9.48 Å². The number of alkyl halides is 3. The fourth-order valence-corrected chi connectivity index (χ4v) is 1.79. The van der Waals surface area contributed by atoms with E-state index in [1.165, 1.54) is 12.1 Å². The number of carbonyl (C=O) groups excluding carboxylic acids is 1. The molecular formula is C15H14F3N3O. The monoisotopic (exact) mass is 309 g/mol. The molecule has 0 aliphatic rings. The van der Waals surface area contributed by atoms with E-state index in [1.54, 1.807) is 29.2 Å². The fraction of sp³-hybridized carbons (Fsp3) is 0.200. The molecule has 2 aromatic rings. The van der Waals surface area contributed by atoms with E-state index in [-0.39, 0.29) is 6.42 Å². The second-order valence-corrected chi connectivity index (χ2v) is 4.71. The van der Waals surface area contributed by atoms with Crippen LogP contribution in [-0.2, 0) is 17.5 Å². The molecule has 0 radical (unpaired) electrons. The summed E-state index contributed by atoms with van der Waals surface area (Å²) in [6, 6.07) is 4.87. The Hall–Kier alpha value is -2.57. The number of aromatic nitrogens is 2. The van der Waals surface area contributed by atoms with Gasteiger partial charge in [-0.2, -0.15) is 18.3 Å². The number of rotatable bonds is 5. The van der Waals surface area contributed by atoms with Gasteiger partial charge in [0.15, 0.2) is 0 Å². The Morgan fingerprint density at radius 2 is 1.82 bits per heavy atom. The Bertz CT molecular complexity index is 672. The van der Waals surface area contributed by atoms with Crippen molar-refractivity contribution in [3.63, 3.8) is 0 Å². The Balaban J connectivity index is 2.01. The van der Waals surface area contributed by atoms with E-state index in [0.29, 0.717) is 12.1 Å². The van der Waals surface area contributed by atoms with Gasteiger partial charge in [-0.05, 0) is 17.7 Å². The van der Waals surface area contributed by atoms with Crippen molar-refractivity contribution < 1.29 is 18.0 Å². The number of nitrogens with zero attached hydrogens (tertiary/aromatic N) is 2. The molecule has 0 aliphatic heterocycles. The topological polar surface area (TPSA) is 60.9 Å². The van der Waals surface area contributed by atoms with Gasteiger partial charge >= 0.3 is 6.18 Å². The van der Waals surface area contributed by atoms with Gasteiger partial charge in [-0.15, -0.1) is 0 Å². The van der Waals surface area contributed by atoms with E-state index < -0.39 is 17.6 Å². The van der Waals surface area contributed by atoms with Crippen molar-refractivity contribution in [2.75, 3.05) is 0 Å². The van der Waals surface area contributed by atoms with Gasteiger partial charge in [0.25, 0.3) is 0 Å². The molecule has 0 aliphatic carbocycles. The minimum atomic E-state index is -4.33. The molecule has 0 atom stereocenters. The predicted octanol–water partition coefficient (Wildman–Crippen LogP) is 2.95. The van der Waals surface area contributed by atoms with Crippen molar-refractivity contribution in [1.82, 2.24) is 9.78 Å². The Morgan fingerprint density at radius 1 is 1.18 bits per heavy atom. The maximum absolute atomic E-state index is 12.4. The molecule has 7 heteroatoms. The molecule has 0 fully saturated rings. The van der Waals surface area contributed by atoms with Crippen LogP contribution in [0, 0.1) is 0 Å². The van der Waals surface area contributed by atoms with E-state index in [1.807, 2.05) is 0 Å². The Labute approximate surface area is 125 Å². The summed E-state index contributed by atoms with van der Waals surface area (Å²) < 4.78 is 38.9. The number of hydrogen-bond acceptors (Lipinski definition) is 2. The number of benzene rings is 1. The first-order valence-corrected chi connectivity index (χ1v) is 6.51. The van der Waals surface area contributed by atoms with Gasteiger partial charge in [-0.1, -0.05) is 24.3 Å². The van der Waals surface area contributed by atoms with Crippen LogP contribution in [0.3, 0.4) is 0 Å². The van der Waals surface area contributed by atoms with Crippen LogP contribution in [0.2, 0.25) is 0 Å². The SMILES string of the molecule is NC(=O)CCn1cc(C=Cc2ccc(C(F)(F)F)cc2)cn1. The zero-order valence-corrected chi connectivity index (χ0v) is 11.5. The van der Waals surface area contributed by atoms with Crippen LogP contribution in [0.15, 0.2) is 36.7 Å². The highest BCUT2D eigenvalue weighted by atomic mass is 19.4. The molecule has 116 valence electrons. The van der Waals surface area contributed by atoms with E-state index in [2.05, 4.69) is 5.10 Å². The third-order valence-corrected chi connectivity index (χ3v) is 2.95. The first-order chi connectivity index (χ1) is 10.3. The van der Waals surface area contributed by atoms with Gasteiger partial charge in [0.2, 0.25) is 5.91 Å². The molecule has 2 N–H and O–H groups in total. The van der Waals surface area contributed by atoms with Crippen LogP contribution in [0.1, 0.15) is 23.1 Å². The second-order valence-electron chi connectivity index (χ2n) is 4.71. The van der Waals surface area contributed by atoms with Gasteiger partial charge in [0, 0.05) is 24.7 Å². The van der Waals surface area contributed by atoms with Gasteiger partial charge in [0.1, 0.15) is 0 Å². The summed E-state index contributed by atoms with van der Waals surface area (Å²) in [6.45, 7) is 0.392. The summed E-state index contributed by atoms with van der Waals surface area (Å²) in [4.78, 5) is 10.7. The molecule has 4 nitrogen and oxygen atoms in total. The second kappa shape index (κ2) is 6.46. The van der Waals surface area contributed by atoms with Crippen LogP contribution in [-0.4, -0.2) is 15.7 Å². The number of carbonyl (C=O) groups is 1. The van der Waals surface area contributed by atoms with Crippen LogP contribution >= 0.6 is 0 Å². The lowest BCUT2D eigenvalue weighted by atomic mass is 10.1. The summed E-state index contributed by atoms with van der Waals surface area (Å²) in [5, 5.41) is 4.06. The van der Waals surface area contributed by atoms with Crippen LogP contribution in [0.5, 0.6) is 0 Å². The molecule has 0 spiro atoms. The third-order valence-electron chi connectivity index (χ3n) is 2.95. The van der Waals surface area contributed by atoms with Crippen molar-refractivity contribution in [2.45, 2.75) is 19.1 Å². The molecule has 1 aromatic heterocycles. The normalized spacial score (nSPS) is 12.0. The number of primary amides is 1. The highest BCUT2D eigenvalue weighted by Gasteiger charge is 2.29. The van der Waals surface area contributed by atoms with E-state index in [4.69, 9.17) is 5.73 Å². The predicted molar refractivity (Wildman–Crippen MR) is 76.4 cm³/mol. The smallest absolute Gasteiger partial charge is 0.370 e. The lowest BCUT2D eigenvalue weighted by Crippen LogP contribution is -2.13. The molecule has 1 heterocycles. The van der Waals surface area contributed by atoms with E-state index in [9.17, 15) is 18.0 Å². The lowest BCUT2D eigenvalue weighted by molar-refractivity contribution is -0.137. The quantitative estimate of drug-likeness (QED) is 0.923. The molecule has 1 amide bonds. The van der Waals surface area contributed by atoms with Gasteiger partial charge in [-0.25, -0.2) is 0 Å². The molecule has 0 bridgehead atoms. The number of amides is 1. The molecule has 0 saturated carbocycles. The van der Waals surface area contributed by atoms with Gasteiger partial charge in [0.05, 0.1) is 11.8 Å². The average Bonchev–Trinajstić information content (AvgIpc) is 2.90. The van der Waals surface area contributed by atoms with Crippen molar-refractivity contribution >= 4 is 18.1 Å². The van der Waals surface area contributed by atoms with Crippen molar-refractivity contribution in [3.8, 4) is 0 Å². The summed E-state index contributed by atoms with van der Waals surface area (Å²) in [5.74, 6) is -0.405. The number of aryl methyl sites for hydroxylation is 1. The minimum Gasteiger partial charge on any atom is -0.370 e. The molecule has 0 saturated heterocycles. The summed E-state index contributed by atoms with van der Waals surface area (Å²) in [6.07, 6.45) is 2.62.